The van der Waals surface area contributed by atoms with Crippen molar-refractivity contribution >= 4 is 6.29 Å². The normalized spacial score (nSPS) is 10.3. The molecule has 0 N–H and O–H groups in total. The van der Waals surface area contributed by atoms with Crippen molar-refractivity contribution in [1.82, 2.24) is 4.98 Å². The molecule has 4 heteroatoms. The Morgan fingerprint density at radius 2 is 1.81 bits per heavy atom. The van der Waals surface area contributed by atoms with Crippen molar-refractivity contribution in [2.45, 2.75) is 6.61 Å². The number of oxazole rings is 1. The van der Waals surface area contributed by atoms with Crippen LogP contribution in [0.5, 0.6) is 5.75 Å². The summed E-state index contributed by atoms with van der Waals surface area (Å²) in [5.74, 6) is 1.26. The number of carbonyl (C=O) groups excluding carboxylic acids is 1. The highest BCUT2D eigenvalue weighted by Gasteiger charge is 2.06. The first kappa shape index (κ1) is 13.1. The van der Waals surface area contributed by atoms with E-state index in [0.29, 0.717) is 29.5 Å². The molecule has 0 aliphatic carbocycles. The first-order chi connectivity index (χ1) is 10.3. The number of hydrogen-bond acceptors (Lipinski definition) is 4. The number of aldehydes is 1. The van der Waals surface area contributed by atoms with Gasteiger partial charge in [-0.25, -0.2) is 4.98 Å². The van der Waals surface area contributed by atoms with E-state index < -0.39 is 0 Å². The largest absolute Gasteiger partial charge is 0.487 e. The molecule has 0 aliphatic rings. The van der Waals surface area contributed by atoms with Crippen molar-refractivity contribution in [1.29, 1.82) is 0 Å². The fourth-order valence-electron chi connectivity index (χ4n) is 1.89. The fraction of sp³-hybridized carbons (Fsp3) is 0.0588. The maximum Gasteiger partial charge on any atom is 0.226 e. The summed E-state index contributed by atoms with van der Waals surface area (Å²) in [5, 5.41) is 0. The molecule has 0 amide bonds. The van der Waals surface area contributed by atoms with Crippen LogP contribution in [0.15, 0.2) is 65.3 Å². The average Bonchev–Trinajstić information content (AvgIpc) is 3.03. The summed E-state index contributed by atoms with van der Waals surface area (Å²) in [4.78, 5) is 15.0. The standard InChI is InChI=1S/C17H13NO3/c19-10-13-6-8-16(9-7-13)20-11-15-12-21-17(18-15)14-4-2-1-3-5-14/h1-10,12H,11H2. The monoisotopic (exact) mass is 279 g/mol. The van der Waals surface area contributed by atoms with Gasteiger partial charge in [0.2, 0.25) is 5.89 Å². The van der Waals surface area contributed by atoms with E-state index in [1.807, 2.05) is 30.3 Å². The van der Waals surface area contributed by atoms with E-state index in [4.69, 9.17) is 9.15 Å². The number of hydrogen-bond donors (Lipinski definition) is 0. The second-order valence-corrected chi connectivity index (χ2v) is 4.49. The Morgan fingerprint density at radius 3 is 2.52 bits per heavy atom. The lowest BCUT2D eigenvalue weighted by Crippen LogP contribution is -1.95. The highest BCUT2D eigenvalue weighted by Crippen LogP contribution is 2.19. The molecule has 2 aromatic carbocycles. The van der Waals surface area contributed by atoms with Gasteiger partial charge in [-0.3, -0.25) is 4.79 Å². The van der Waals surface area contributed by atoms with Crippen molar-refractivity contribution in [3.63, 3.8) is 0 Å². The molecule has 21 heavy (non-hydrogen) atoms. The fourth-order valence-corrected chi connectivity index (χ4v) is 1.89. The van der Waals surface area contributed by atoms with Crippen LogP contribution in [0.25, 0.3) is 11.5 Å². The molecule has 104 valence electrons. The third-order valence-corrected chi connectivity index (χ3v) is 2.98. The maximum atomic E-state index is 10.6. The predicted molar refractivity (Wildman–Crippen MR) is 78.1 cm³/mol. The van der Waals surface area contributed by atoms with E-state index >= 15 is 0 Å². The van der Waals surface area contributed by atoms with Gasteiger partial charge in [0.25, 0.3) is 0 Å². The summed E-state index contributed by atoms with van der Waals surface area (Å²) in [6.07, 6.45) is 2.38. The molecule has 4 nitrogen and oxygen atoms in total. The highest BCUT2D eigenvalue weighted by molar-refractivity contribution is 5.74. The van der Waals surface area contributed by atoms with Gasteiger partial charge in [0, 0.05) is 11.1 Å². The minimum absolute atomic E-state index is 0.316. The van der Waals surface area contributed by atoms with E-state index in [-0.39, 0.29) is 0 Å². The minimum atomic E-state index is 0.316. The van der Waals surface area contributed by atoms with Gasteiger partial charge in [0.15, 0.2) is 0 Å². The molecule has 0 spiro atoms. The molecule has 3 rings (SSSR count). The van der Waals surface area contributed by atoms with Gasteiger partial charge < -0.3 is 9.15 Å². The molecule has 0 atom stereocenters. The Morgan fingerprint density at radius 1 is 1.05 bits per heavy atom. The zero-order valence-corrected chi connectivity index (χ0v) is 11.2. The molecular formula is C17H13NO3. The van der Waals surface area contributed by atoms with Gasteiger partial charge in [-0.15, -0.1) is 0 Å². The smallest absolute Gasteiger partial charge is 0.226 e. The Labute approximate surface area is 122 Å². The average molecular weight is 279 g/mol. The molecule has 1 heterocycles. The van der Waals surface area contributed by atoms with Crippen LogP contribution in [0.2, 0.25) is 0 Å². The van der Waals surface area contributed by atoms with Crippen LogP contribution in [-0.2, 0) is 6.61 Å². The molecular weight excluding hydrogens is 266 g/mol. The summed E-state index contributed by atoms with van der Waals surface area (Å²) < 4.78 is 11.0. The zero-order valence-electron chi connectivity index (χ0n) is 11.2. The van der Waals surface area contributed by atoms with Gasteiger partial charge in [-0.05, 0) is 36.4 Å². The van der Waals surface area contributed by atoms with E-state index in [9.17, 15) is 4.79 Å². The SMILES string of the molecule is O=Cc1ccc(OCc2coc(-c3ccccc3)n2)cc1. The van der Waals surface area contributed by atoms with Crippen molar-refractivity contribution < 1.29 is 13.9 Å². The van der Waals surface area contributed by atoms with Crippen LogP contribution >= 0.6 is 0 Å². The van der Waals surface area contributed by atoms with E-state index in [1.165, 1.54) is 0 Å². The van der Waals surface area contributed by atoms with Gasteiger partial charge >= 0.3 is 0 Å². The molecule has 0 saturated carbocycles. The number of rotatable bonds is 5. The van der Waals surface area contributed by atoms with Gasteiger partial charge in [0.05, 0.1) is 0 Å². The van der Waals surface area contributed by atoms with Crippen LogP contribution in [0.3, 0.4) is 0 Å². The van der Waals surface area contributed by atoms with Gasteiger partial charge in [0.1, 0.15) is 30.6 Å². The lowest BCUT2D eigenvalue weighted by Gasteiger charge is -2.03. The molecule has 0 radical (unpaired) electrons. The van der Waals surface area contributed by atoms with Crippen molar-refractivity contribution in [3.05, 3.63) is 72.1 Å². The number of benzene rings is 2. The van der Waals surface area contributed by atoms with Gasteiger partial charge in [-0.1, -0.05) is 18.2 Å². The lowest BCUT2D eigenvalue weighted by atomic mass is 10.2. The van der Waals surface area contributed by atoms with E-state index in [2.05, 4.69) is 4.98 Å². The van der Waals surface area contributed by atoms with Crippen LogP contribution < -0.4 is 4.74 Å². The molecule has 0 saturated heterocycles. The summed E-state index contributed by atoms with van der Waals surface area (Å²) in [5.41, 5.74) is 2.27. The molecule has 1 aromatic heterocycles. The van der Waals surface area contributed by atoms with Crippen LogP contribution in [0.1, 0.15) is 16.1 Å². The highest BCUT2D eigenvalue weighted by atomic mass is 16.5. The number of nitrogens with zero attached hydrogens (tertiary/aromatic N) is 1. The predicted octanol–water partition coefficient (Wildman–Crippen LogP) is 3.73. The second kappa shape index (κ2) is 6.05. The Balaban J connectivity index is 1.66. The summed E-state index contributed by atoms with van der Waals surface area (Å²) >= 11 is 0. The Hall–Kier alpha value is -2.88. The third-order valence-electron chi connectivity index (χ3n) is 2.98. The molecule has 0 aliphatic heterocycles. The van der Waals surface area contributed by atoms with E-state index in [0.717, 1.165) is 11.8 Å². The van der Waals surface area contributed by atoms with Crippen LogP contribution in [0, 0.1) is 0 Å². The minimum Gasteiger partial charge on any atom is -0.487 e. The quantitative estimate of drug-likeness (QED) is 0.668. The zero-order chi connectivity index (χ0) is 14.5. The molecule has 0 bridgehead atoms. The van der Waals surface area contributed by atoms with Gasteiger partial charge in [-0.2, -0.15) is 0 Å². The first-order valence-electron chi connectivity index (χ1n) is 6.53. The number of ether oxygens (including phenoxy) is 1. The Kier molecular flexibility index (Phi) is 3.78. The topological polar surface area (TPSA) is 52.3 Å². The Bertz CT molecular complexity index is 717. The second-order valence-electron chi connectivity index (χ2n) is 4.49. The van der Waals surface area contributed by atoms with Crippen molar-refractivity contribution in [2.24, 2.45) is 0 Å². The van der Waals surface area contributed by atoms with Crippen molar-refractivity contribution in [3.8, 4) is 17.2 Å². The number of aromatic nitrogens is 1. The van der Waals surface area contributed by atoms with Crippen LogP contribution in [0.4, 0.5) is 0 Å². The third kappa shape index (κ3) is 3.17. The summed E-state index contributed by atoms with van der Waals surface area (Å²) in [7, 11) is 0. The number of carbonyl (C=O) groups is 1. The summed E-state index contributed by atoms with van der Waals surface area (Å²) in [6, 6.07) is 16.6. The van der Waals surface area contributed by atoms with E-state index in [1.54, 1.807) is 30.5 Å². The summed E-state index contributed by atoms with van der Waals surface area (Å²) in [6.45, 7) is 0.316. The van der Waals surface area contributed by atoms with Crippen molar-refractivity contribution in [2.75, 3.05) is 0 Å². The molecule has 0 unspecified atom stereocenters. The van der Waals surface area contributed by atoms with Crippen LogP contribution in [-0.4, -0.2) is 11.3 Å². The molecule has 3 aromatic rings. The molecule has 0 fully saturated rings. The lowest BCUT2D eigenvalue weighted by molar-refractivity contribution is 0.112. The maximum absolute atomic E-state index is 10.6. The first-order valence-corrected chi connectivity index (χ1v) is 6.53.